The van der Waals surface area contributed by atoms with E-state index in [2.05, 4.69) is 13.5 Å². The molecule has 3 heterocycles. The molecule has 2 bridgehead atoms. The van der Waals surface area contributed by atoms with Crippen LogP contribution in [-0.2, 0) is 14.3 Å². The summed E-state index contributed by atoms with van der Waals surface area (Å²) < 4.78 is 16.7. The Morgan fingerprint density at radius 1 is 1.30 bits per heavy atom. The van der Waals surface area contributed by atoms with Gasteiger partial charge in [-0.3, -0.25) is 4.79 Å². The highest BCUT2D eigenvalue weighted by Crippen LogP contribution is 2.69. The molecule has 146 valence electrons. The first-order valence-electron chi connectivity index (χ1n) is 9.71. The van der Waals surface area contributed by atoms with Gasteiger partial charge >= 0.3 is 5.97 Å². The standard InChI is InChI=1S/C21H26O6/c1-11-21(24)17(22)14(26-11)8-16-19(2)9-15(12-5-7-25-10-12)27-18(23)13(19)4-6-20(16,21)3/h5,7,10,13-17,22,24H,1,4,6,8-9H2,2-3H3/t13-,14+,15+,16+,17-,19-,20-,21-/m0/s1. The number of carbonyl (C=O) groups is 1. The van der Waals surface area contributed by atoms with Crippen molar-refractivity contribution in [1.29, 1.82) is 0 Å². The van der Waals surface area contributed by atoms with Crippen LogP contribution >= 0.6 is 0 Å². The number of aliphatic hydroxyl groups excluding tert-OH is 1. The highest BCUT2D eigenvalue weighted by Gasteiger charge is 2.74. The van der Waals surface area contributed by atoms with Gasteiger partial charge in [-0.2, -0.15) is 0 Å². The van der Waals surface area contributed by atoms with Crippen LogP contribution in [0, 0.1) is 22.7 Å². The van der Waals surface area contributed by atoms with Crippen LogP contribution in [0.1, 0.15) is 51.2 Å². The number of hydrogen-bond donors (Lipinski definition) is 2. The minimum absolute atomic E-state index is 0.00338. The Labute approximate surface area is 158 Å². The summed E-state index contributed by atoms with van der Waals surface area (Å²) in [4.78, 5) is 12.9. The largest absolute Gasteiger partial charge is 0.489 e. The van der Waals surface area contributed by atoms with Gasteiger partial charge in [0.1, 0.15) is 24.1 Å². The zero-order valence-electron chi connectivity index (χ0n) is 15.7. The molecule has 2 saturated heterocycles. The predicted molar refractivity (Wildman–Crippen MR) is 94.2 cm³/mol. The number of ether oxygens (including phenoxy) is 2. The van der Waals surface area contributed by atoms with Gasteiger partial charge in [-0.1, -0.05) is 20.4 Å². The van der Waals surface area contributed by atoms with Gasteiger partial charge in [-0.25, -0.2) is 0 Å². The Balaban J connectivity index is 1.59. The Morgan fingerprint density at radius 2 is 2.07 bits per heavy atom. The number of fused-ring (bicyclic) bond motifs is 6. The highest BCUT2D eigenvalue weighted by atomic mass is 16.6. The van der Waals surface area contributed by atoms with Crippen LogP contribution in [0.2, 0.25) is 0 Å². The number of hydrogen-bond acceptors (Lipinski definition) is 6. The Bertz CT molecular complexity index is 802. The summed E-state index contributed by atoms with van der Waals surface area (Å²) in [6.45, 7) is 8.07. The summed E-state index contributed by atoms with van der Waals surface area (Å²) in [5.74, 6) is -0.132. The van der Waals surface area contributed by atoms with Gasteiger partial charge in [0.15, 0.2) is 5.60 Å². The van der Waals surface area contributed by atoms with Crippen molar-refractivity contribution in [2.24, 2.45) is 22.7 Å². The van der Waals surface area contributed by atoms with Gasteiger partial charge in [0.05, 0.1) is 18.4 Å². The lowest BCUT2D eigenvalue weighted by molar-refractivity contribution is -0.239. The van der Waals surface area contributed by atoms with E-state index in [9.17, 15) is 15.0 Å². The van der Waals surface area contributed by atoms with E-state index in [0.717, 1.165) is 5.56 Å². The van der Waals surface area contributed by atoms with Crippen LogP contribution in [0.25, 0.3) is 0 Å². The van der Waals surface area contributed by atoms with Crippen LogP contribution in [0.5, 0.6) is 0 Å². The molecular weight excluding hydrogens is 348 g/mol. The highest BCUT2D eigenvalue weighted by molar-refractivity contribution is 5.75. The molecule has 0 radical (unpaired) electrons. The lowest BCUT2D eigenvalue weighted by atomic mass is 9.42. The van der Waals surface area contributed by atoms with E-state index in [0.29, 0.717) is 25.7 Å². The van der Waals surface area contributed by atoms with Crippen LogP contribution in [0.15, 0.2) is 35.3 Å². The monoisotopic (exact) mass is 374 g/mol. The molecule has 6 heteroatoms. The van der Waals surface area contributed by atoms with Gasteiger partial charge in [-0.05, 0) is 43.1 Å². The van der Waals surface area contributed by atoms with Crippen molar-refractivity contribution in [3.05, 3.63) is 36.5 Å². The maximum atomic E-state index is 12.9. The molecule has 8 atom stereocenters. The molecule has 0 unspecified atom stereocenters. The zero-order valence-corrected chi connectivity index (χ0v) is 15.7. The zero-order chi connectivity index (χ0) is 19.2. The van der Waals surface area contributed by atoms with Crippen molar-refractivity contribution in [3.8, 4) is 0 Å². The van der Waals surface area contributed by atoms with Crippen molar-refractivity contribution in [1.82, 2.24) is 0 Å². The average Bonchev–Trinajstić information content (AvgIpc) is 3.19. The first-order valence-corrected chi connectivity index (χ1v) is 9.71. The summed E-state index contributed by atoms with van der Waals surface area (Å²) in [7, 11) is 0. The van der Waals surface area contributed by atoms with Crippen LogP contribution in [0.3, 0.4) is 0 Å². The lowest BCUT2D eigenvalue weighted by Gasteiger charge is -2.63. The SMILES string of the molecule is C=C1O[C@@H]2C[C@@H]3[C@@]4(C)C[C@H](c5ccoc5)OC(=O)[C@@H]4CC[C@]3(C)[C@@]1(O)[C@H]2O. The molecule has 27 heavy (non-hydrogen) atoms. The molecule has 2 saturated carbocycles. The molecule has 2 aliphatic heterocycles. The molecule has 2 aliphatic carbocycles. The lowest BCUT2D eigenvalue weighted by Crippen LogP contribution is -2.68. The smallest absolute Gasteiger partial charge is 0.310 e. The fourth-order valence-electron chi connectivity index (χ4n) is 6.72. The van der Waals surface area contributed by atoms with E-state index in [-0.39, 0.29) is 35.1 Å². The van der Waals surface area contributed by atoms with E-state index in [4.69, 9.17) is 13.9 Å². The van der Waals surface area contributed by atoms with E-state index < -0.39 is 23.2 Å². The van der Waals surface area contributed by atoms with Gasteiger partial charge < -0.3 is 24.1 Å². The minimum atomic E-state index is -1.49. The van der Waals surface area contributed by atoms with Gasteiger partial charge in [0.2, 0.25) is 0 Å². The van der Waals surface area contributed by atoms with Gasteiger partial charge in [0.25, 0.3) is 0 Å². The third-order valence-corrected chi connectivity index (χ3v) is 8.23. The minimum Gasteiger partial charge on any atom is -0.489 e. The summed E-state index contributed by atoms with van der Waals surface area (Å²) in [5.41, 5.74) is -1.61. The van der Waals surface area contributed by atoms with E-state index in [1.807, 2.05) is 13.0 Å². The molecule has 1 aromatic rings. The first-order chi connectivity index (χ1) is 12.7. The molecule has 0 aromatic carbocycles. The second-order valence-corrected chi connectivity index (χ2v) is 9.28. The van der Waals surface area contributed by atoms with Crippen LogP contribution < -0.4 is 0 Å². The maximum absolute atomic E-state index is 12.9. The summed E-state index contributed by atoms with van der Waals surface area (Å²) in [6, 6.07) is 1.83. The molecule has 2 N–H and O–H groups in total. The van der Waals surface area contributed by atoms with Crippen molar-refractivity contribution >= 4 is 5.97 Å². The summed E-state index contributed by atoms with van der Waals surface area (Å²) in [6.07, 6.45) is 3.87. The number of esters is 1. The van der Waals surface area contributed by atoms with Crippen molar-refractivity contribution in [2.45, 2.75) is 63.4 Å². The van der Waals surface area contributed by atoms with Gasteiger partial charge in [-0.15, -0.1) is 0 Å². The molecule has 5 rings (SSSR count). The Kier molecular flexibility index (Phi) is 3.32. The van der Waals surface area contributed by atoms with E-state index in [1.165, 1.54) is 0 Å². The number of aliphatic hydroxyl groups is 2. The molecule has 4 aliphatic rings. The fourth-order valence-corrected chi connectivity index (χ4v) is 6.72. The summed E-state index contributed by atoms with van der Waals surface area (Å²) in [5, 5.41) is 22.3. The van der Waals surface area contributed by atoms with Crippen molar-refractivity contribution in [2.75, 3.05) is 0 Å². The summed E-state index contributed by atoms with van der Waals surface area (Å²) >= 11 is 0. The second kappa shape index (κ2) is 5.17. The Morgan fingerprint density at radius 3 is 2.78 bits per heavy atom. The number of carbonyl (C=O) groups excluding carboxylic acids is 1. The molecule has 4 fully saturated rings. The number of rotatable bonds is 1. The predicted octanol–water partition coefficient (Wildman–Crippen LogP) is 2.71. The third kappa shape index (κ3) is 1.90. The molecule has 0 spiro atoms. The van der Waals surface area contributed by atoms with Crippen LogP contribution in [-0.4, -0.2) is 34.0 Å². The molecule has 6 nitrogen and oxygen atoms in total. The third-order valence-electron chi connectivity index (χ3n) is 8.23. The fraction of sp³-hybridized carbons (Fsp3) is 0.667. The average molecular weight is 374 g/mol. The van der Waals surface area contributed by atoms with Crippen molar-refractivity contribution in [3.63, 3.8) is 0 Å². The molecule has 1 aromatic heterocycles. The number of furan rings is 1. The normalized spacial score (nSPS) is 51.2. The topological polar surface area (TPSA) is 89.1 Å². The van der Waals surface area contributed by atoms with Crippen molar-refractivity contribution < 1.29 is 28.9 Å². The number of cyclic esters (lactones) is 1. The van der Waals surface area contributed by atoms with Crippen LogP contribution in [0.4, 0.5) is 0 Å². The second-order valence-electron chi connectivity index (χ2n) is 9.28. The molecular formula is C21H26O6. The molecule has 0 amide bonds. The van der Waals surface area contributed by atoms with E-state index >= 15 is 0 Å². The maximum Gasteiger partial charge on any atom is 0.310 e. The first kappa shape index (κ1) is 17.3. The van der Waals surface area contributed by atoms with E-state index in [1.54, 1.807) is 12.5 Å². The Hall–Kier alpha value is -1.79. The van der Waals surface area contributed by atoms with Gasteiger partial charge in [0, 0.05) is 11.0 Å². The quantitative estimate of drug-likeness (QED) is 0.735.